The van der Waals surface area contributed by atoms with E-state index < -0.39 is 0 Å². The van der Waals surface area contributed by atoms with Crippen LogP contribution in [0.3, 0.4) is 0 Å². The second-order valence-corrected chi connectivity index (χ2v) is 6.17. The summed E-state index contributed by atoms with van der Waals surface area (Å²) in [4.78, 5) is 26.4. The smallest absolute Gasteiger partial charge is 0.258 e. The van der Waals surface area contributed by atoms with Crippen molar-refractivity contribution in [1.29, 1.82) is 0 Å². The molecule has 0 aliphatic carbocycles. The standard InChI is InChI=1S/C20H23N3O2.ClH/c1-21-13-4-7-19(24)22-17-10-8-16(9-11-17)20(25)23-14-12-15-5-2-3-6-18(15)23;/h2-3,5-6,8-11,21H,4,7,12-14H2,1H3,(H,22,24);1H. The first kappa shape index (κ1) is 19.9. The number of carbonyl (C=O) groups is 2. The van der Waals surface area contributed by atoms with Crippen LogP contribution in [0.25, 0.3) is 0 Å². The number of anilines is 2. The van der Waals surface area contributed by atoms with Crippen LogP contribution in [0.2, 0.25) is 0 Å². The first-order chi connectivity index (χ1) is 12.2. The van der Waals surface area contributed by atoms with Crippen molar-refractivity contribution in [3.05, 3.63) is 59.7 Å². The highest BCUT2D eigenvalue weighted by molar-refractivity contribution is 6.07. The summed E-state index contributed by atoms with van der Waals surface area (Å²) in [6.07, 6.45) is 2.17. The molecule has 5 nitrogen and oxygen atoms in total. The van der Waals surface area contributed by atoms with Gasteiger partial charge in [-0.25, -0.2) is 0 Å². The second kappa shape index (κ2) is 9.36. The lowest BCUT2D eigenvalue weighted by molar-refractivity contribution is -0.116. The Hall–Kier alpha value is -2.37. The minimum Gasteiger partial charge on any atom is -0.326 e. The van der Waals surface area contributed by atoms with E-state index in [0.29, 0.717) is 24.2 Å². The zero-order chi connectivity index (χ0) is 17.6. The normalized spacial score (nSPS) is 12.3. The van der Waals surface area contributed by atoms with Crippen LogP contribution in [-0.4, -0.2) is 32.0 Å². The van der Waals surface area contributed by atoms with Crippen LogP contribution < -0.4 is 15.5 Å². The van der Waals surface area contributed by atoms with Crippen molar-refractivity contribution in [1.82, 2.24) is 5.32 Å². The number of para-hydroxylation sites is 1. The molecule has 0 unspecified atom stereocenters. The van der Waals surface area contributed by atoms with E-state index in [1.807, 2.05) is 30.1 Å². The van der Waals surface area contributed by atoms with Gasteiger partial charge in [0.25, 0.3) is 5.91 Å². The van der Waals surface area contributed by atoms with Gasteiger partial charge in [0.05, 0.1) is 0 Å². The summed E-state index contributed by atoms with van der Waals surface area (Å²) in [6.45, 7) is 1.53. The van der Waals surface area contributed by atoms with E-state index in [4.69, 9.17) is 0 Å². The van der Waals surface area contributed by atoms with Gasteiger partial charge in [0.1, 0.15) is 0 Å². The maximum Gasteiger partial charge on any atom is 0.258 e. The average Bonchev–Trinajstić information content (AvgIpc) is 3.06. The van der Waals surface area contributed by atoms with E-state index >= 15 is 0 Å². The molecule has 0 atom stereocenters. The van der Waals surface area contributed by atoms with Crippen molar-refractivity contribution in [2.24, 2.45) is 0 Å². The highest BCUT2D eigenvalue weighted by atomic mass is 35.5. The Kier molecular flexibility index (Phi) is 7.18. The van der Waals surface area contributed by atoms with Crippen LogP contribution in [0.1, 0.15) is 28.8 Å². The van der Waals surface area contributed by atoms with Crippen molar-refractivity contribution in [3.8, 4) is 0 Å². The Balaban J connectivity index is 0.00000243. The molecule has 2 N–H and O–H groups in total. The molecule has 26 heavy (non-hydrogen) atoms. The number of benzene rings is 2. The lowest BCUT2D eigenvalue weighted by atomic mass is 10.1. The fraction of sp³-hybridized carbons (Fsp3) is 0.300. The molecular formula is C20H24ClN3O2. The molecule has 0 aromatic heterocycles. The largest absolute Gasteiger partial charge is 0.326 e. The fourth-order valence-electron chi connectivity index (χ4n) is 3.05. The van der Waals surface area contributed by atoms with E-state index in [1.165, 1.54) is 5.56 Å². The van der Waals surface area contributed by atoms with E-state index in [-0.39, 0.29) is 24.2 Å². The van der Waals surface area contributed by atoms with Gasteiger partial charge >= 0.3 is 0 Å². The third-order valence-electron chi connectivity index (χ3n) is 4.38. The summed E-state index contributed by atoms with van der Waals surface area (Å²) < 4.78 is 0. The molecule has 1 aliphatic rings. The molecule has 3 rings (SSSR count). The second-order valence-electron chi connectivity index (χ2n) is 6.17. The minimum absolute atomic E-state index is 0. The monoisotopic (exact) mass is 373 g/mol. The van der Waals surface area contributed by atoms with Gasteiger partial charge in [-0.05, 0) is 62.3 Å². The first-order valence-corrected chi connectivity index (χ1v) is 8.63. The highest BCUT2D eigenvalue weighted by Crippen LogP contribution is 2.29. The van der Waals surface area contributed by atoms with Crippen LogP contribution >= 0.6 is 12.4 Å². The quantitative estimate of drug-likeness (QED) is 0.764. The maximum atomic E-state index is 12.7. The highest BCUT2D eigenvalue weighted by Gasteiger charge is 2.24. The number of carbonyl (C=O) groups excluding carboxylic acids is 2. The van der Waals surface area contributed by atoms with Crippen molar-refractivity contribution in [2.45, 2.75) is 19.3 Å². The van der Waals surface area contributed by atoms with Crippen LogP contribution in [0, 0.1) is 0 Å². The molecule has 1 aliphatic heterocycles. The van der Waals surface area contributed by atoms with Crippen molar-refractivity contribution in [2.75, 3.05) is 30.4 Å². The molecule has 0 radical (unpaired) electrons. The van der Waals surface area contributed by atoms with E-state index in [0.717, 1.165) is 25.1 Å². The van der Waals surface area contributed by atoms with E-state index in [2.05, 4.69) is 16.7 Å². The van der Waals surface area contributed by atoms with Gasteiger partial charge < -0.3 is 15.5 Å². The van der Waals surface area contributed by atoms with Gasteiger partial charge in [-0.2, -0.15) is 0 Å². The van der Waals surface area contributed by atoms with Crippen LogP contribution in [-0.2, 0) is 11.2 Å². The minimum atomic E-state index is -0.0113. The van der Waals surface area contributed by atoms with Crippen molar-refractivity contribution >= 4 is 35.6 Å². The van der Waals surface area contributed by atoms with Crippen LogP contribution in [0.5, 0.6) is 0 Å². The Morgan fingerprint density at radius 2 is 1.81 bits per heavy atom. The molecule has 0 bridgehead atoms. The summed E-state index contributed by atoms with van der Waals surface area (Å²) in [5, 5.41) is 5.88. The Morgan fingerprint density at radius 3 is 2.54 bits per heavy atom. The third-order valence-corrected chi connectivity index (χ3v) is 4.38. The molecule has 2 aromatic carbocycles. The predicted octanol–water partition coefficient (Wildman–Crippen LogP) is 3.25. The molecule has 2 amide bonds. The van der Waals surface area contributed by atoms with Crippen LogP contribution in [0.4, 0.5) is 11.4 Å². The van der Waals surface area contributed by atoms with Crippen molar-refractivity contribution in [3.63, 3.8) is 0 Å². The molecule has 6 heteroatoms. The van der Waals surface area contributed by atoms with E-state index in [9.17, 15) is 9.59 Å². The summed E-state index contributed by atoms with van der Waals surface area (Å²) in [5.41, 5.74) is 3.55. The number of rotatable bonds is 6. The zero-order valence-corrected chi connectivity index (χ0v) is 15.6. The fourth-order valence-corrected chi connectivity index (χ4v) is 3.05. The molecule has 0 fully saturated rings. The lowest BCUT2D eigenvalue weighted by Crippen LogP contribution is -2.28. The molecular weight excluding hydrogens is 350 g/mol. The molecule has 0 spiro atoms. The lowest BCUT2D eigenvalue weighted by Gasteiger charge is -2.17. The Morgan fingerprint density at radius 1 is 1.08 bits per heavy atom. The first-order valence-electron chi connectivity index (χ1n) is 8.63. The Bertz CT molecular complexity index is 762. The number of hydrogen-bond acceptors (Lipinski definition) is 3. The summed E-state index contributed by atoms with van der Waals surface area (Å²) in [6, 6.07) is 15.1. The number of amides is 2. The number of nitrogens with one attached hydrogen (secondary N) is 2. The van der Waals surface area contributed by atoms with Gasteiger partial charge in [0.2, 0.25) is 5.91 Å². The third kappa shape index (κ3) is 4.62. The number of fused-ring (bicyclic) bond motifs is 1. The molecule has 2 aromatic rings. The topological polar surface area (TPSA) is 61.4 Å². The van der Waals surface area contributed by atoms with E-state index in [1.54, 1.807) is 24.3 Å². The molecule has 0 saturated heterocycles. The summed E-state index contributed by atoms with van der Waals surface area (Å²) >= 11 is 0. The molecule has 0 saturated carbocycles. The number of halogens is 1. The van der Waals surface area contributed by atoms with Gasteiger partial charge in [-0.3, -0.25) is 9.59 Å². The summed E-state index contributed by atoms with van der Waals surface area (Å²) in [7, 11) is 1.87. The molecule has 138 valence electrons. The maximum absolute atomic E-state index is 12.7. The zero-order valence-electron chi connectivity index (χ0n) is 14.8. The summed E-state index contributed by atoms with van der Waals surface area (Å²) in [5.74, 6) is -0.0142. The van der Waals surface area contributed by atoms with Gasteiger partial charge in [0, 0.05) is 29.9 Å². The van der Waals surface area contributed by atoms with Crippen molar-refractivity contribution < 1.29 is 9.59 Å². The Labute approximate surface area is 160 Å². The van der Waals surface area contributed by atoms with Crippen LogP contribution in [0.15, 0.2) is 48.5 Å². The number of hydrogen-bond donors (Lipinski definition) is 2. The SMILES string of the molecule is CNCCCC(=O)Nc1ccc(C(=O)N2CCc3ccccc32)cc1.Cl. The van der Waals surface area contributed by atoms with Gasteiger partial charge in [-0.1, -0.05) is 18.2 Å². The van der Waals surface area contributed by atoms with Gasteiger partial charge in [0.15, 0.2) is 0 Å². The number of nitrogens with zero attached hydrogens (tertiary/aromatic N) is 1. The molecule has 1 heterocycles. The average molecular weight is 374 g/mol. The van der Waals surface area contributed by atoms with Gasteiger partial charge in [-0.15, -0.1) is 12.4 Å². The predicted molar refractivity (Wildman–Crippen MR) is 107 cm³/mol.